The second-order valence-corrected chi connectivity index (χ2v) is 4.25. The minimum absolute atomic E-state index is 0.130. The van der Waals surface area contributed by atoms with E-state index in [4.69, 9.17) is 10.2 Å². The number of β-amino-alcohol motifs (C(OH)–C–C–N with tert-alkyl or cyclic N) is 1. The van der Waals surface area contributed by atoms with E-state index in [0.29, 0.717) is 19.5 Å². The van der Waals surface area contributed by atoms with Crippen molar-refractivity contribution in [3.8, 4) is 0 Å². The average Bonchev–Trinajstić information content (AvgIpc) is 2.20. The van der Waals surface area contributed by atoms with Crippen molar-refractivity contribution in [2.45, 2.75) is 25.0 Å². The topological polar surface area (TPSA) is 76.0 Å². The Labute approximate surface area is 91.7 Å². The molecule has 0 aliphatic rings. The summed E-state index contributed by atoms with van der Waals surface area (Å²) in [7, 11) is 3.77. The molecule has 92 valence electrons. The first-order chi connectivity index (χ1) is 6.99. The summed E-state index contributed by atoms with van der Waals surface area (Å²) in [6, 6.07) is 0. The van der Waals surface area contributed by atoms with E-state index in [-0.39, 0.29) is 13.2 Å². The second-order valence-electron chi connectivity index (χ2n) is 4.25. The van der Waals surface area contributed by atoms with Gasteiger partial charge in [-0.15, -0.1) is 0 Å². The molecule has 5 heteroatoms. The summed E-state index contributed by atoms with van der Waals surface area (Å²) in [4.78, 5) is 1.89. The van der Waals surface area contributed by atoms with Crippen molar-refractivity contribution < 1.29 is 15.3 Å². The first kappa shape index (κ1) is 14.8. The standard InChI is InChI=1S/C10H24N2O3/c1-4-10(7-13,8-14)11-5-9(15)6-12(2)3/h9,11,13-15H,4-8H2,1-3H3. The zero-order valence-corrected chi connectivity index (χ0v) is 9.90. The summed E-state index contributed by atoms with van der Waals surface area (Å²) in [5.74, 6) is 0. The first-order valence-electron chi connectivity index (χ1n) is 5.29. The van der Waals surface area contributed by atoms with Crippen LogP contribution in [0.2, 0.25) is 0 Å². The van der Waals surface area contributed by atoms with Crippen LogP contribution in [0, 0.1) is 0 Å². The summed E-state index contributed by atoms with van der Waals surface area (Å²) < 4.78 is 0. The normalized spacial score (nSPS) is 14.6. The van der Waals surface area contributed by atoms with E-state index < -0.39 is 11.6 Å². The van der Waals surface area contributed by atoms with Crippen LogP contribution in [0.4, 0.5) is 0 Å². The molecule has 0 heterocycles. The van der Waals surface area contributed by atoms with Gasteiger partial charge in [-0.25, -0.2) is 0 Å². The van der Waals surface area contributed by atoms with E-state index in [1.807, 2.05) is 25.9 Å². The van der Waals surface area contributed by atoms with E-state index in [0.717, 1.165) is 0 Å². The Kier molecular flexibility index (Phi) is 7.04. The van der Waals surface area contributed by atoms with Crippen LogP contribution in [-0.2, 0) is 0 Å². The molecule has 4 N–H and O–H groups in total. The number of hydrogen-bond acceptors (Lipinski definition) is 5. The van der Waals surface area contributed by atoms with Crippen LogP contribution in [-0.4, -0.2) is 72.3 Å². The molecule has 0 fully saturated rings. The van der Waals surface area contributed by atoms with Gasteiger partial charge in [-0.2, -0.15) is 0 Å². The Balaban J connectivity index is 3.99. The largest absolute Gasteiger partial charge is 0.394 e. The van der Waals surface area contributed by atoms with Gasteiger partial charge >= 0.3 is 0 Å². The predicted octanol–water partition coefficient (Wildman–Crippen LogP) is -1.37. The van der Waals surface area contributed by atoms with Crippen LogP contribution in [0.1, 0.15) is 13.3 Å². The Bertz CT molecular complexity index is 152. The van der Waals surface area contributed by atoms with Crippen LogP contribution in [0.5, 0.6) is 0 Å². The highest BCUT2D eigenvalue weighted by molar-refractivity contribution is 4.86. The maximum atomic E-state index is 9.60. The highest BCUT2D eigenvalue weighted by atomic mass is 16.3. The summed E-state index contributed by atoms with van der Waals surface area (Å²) >= 11 is 0. The maximum absolute atomic E-state index is 9.60. The van der Waals surface area contributed by atoms with Gasteiger partial charge in [0.2, 0.25) is 0 Å². The van der Waals surface area contributed by atoms with Gasteiger partial charge in [-0.05, 0) is 20.5 Å². The van der Waals surface area contributed by atoms with Crippen molar-refractivity contribution >= 4 is 0 Å². The molecule has 0 aromatic heterocycles. The number of likely N-dealkylation sites (N-methyl/N-ethyl adjacent to an activating group) is 1. The number of hydrogen-bond donors (Lipinski definition) is 4. The molecule has 0 aromatic carbocycles. The number of rotatable bonds is 8. The third kappa shape index (κ3) is 5.44. The van der Waals surface area contributed by atoms with Crippen molar-refractivity contribution in [3.63, 3.8) is 0 Å². The SMILES string of the molecule is CCC(CO)(CO)NCC(O)CN(C)C. The zero-order chi connectivity index (χ0) is 11.9. The molecule has 0 aliphatic heterocycles. The molecule has 0 radical (unpaired) electrons. The third-order valence-corrected chi connectivity index (χ3v) is 2.57. The molecule has 5 nitrogen and oxygen atoms in total. The van der Waals surface area contributed by atoms with Crippen molar-refractivity contribution in [1.82, 2.24) is 10.2 Å². The van der Waals surface area contributed by atoms with E-state index >= 15 is 0 Å². The Hall–Kier alpha value is -0.200. The van der Waals surface area contributed by atoms with Gasteiger partial charge in [0.15, 0.2) is 0 Å². The van der Waals surface area contributed by atoms with Crippen molar-refractivity contribution in [3.05, 3.63) is 0 Å². The first-order valence-corrected chi connectivity index (χ1v) is 5.29. The molecule has 1 unspecified atom stereocenters. The third-order valence-electron chi connectivity index (χ3n) is 2.57. The predicted molar refractivity (Wildman–Crippen MR) is 59.8 cm³/mol. The molecule has 0 spiro atoms. The molecular formula is C10H24N2O3. The number of aliphatic hydroxyl groups is 3. The average molecular weight is 220 g/mol. The maximum Gasteiger partial charge on any atom is 0.0791 e. The fourth-order valence-electron chi connectivity index (χ4n) is 1.33. The van der Waals surface area contributed by atoms with Crippen molar-refractivity contribution in [1.29, 1.82) is 0 Å². The van der Waals surface area contributed by atoms with Gasteiger partial charge in [0, 0.05) is 13.1 Å². The lowest BCUT2D eigenvalue weighted by molar-refractivity contribution is 0.0648. The van der Waals surface area contributed by atoms with Crippen LogP contribution in [0.3, 0.4) is 0 Å². The van der Waals surface area contributed by atoms with E-state index in [1.54, 1.807) is 0 Å². The summed E-state index contributed by atoms with van der Waals surface area (Å²) in [5.41, 5.74) is -0.673. The van der Waals surface area contributed by atoms with Crippen molar-refractivity contribution in [2.75, 3.05) is 40.4 Å². The fourth-order valence-corrected chi connectivity index (χ4v) is 1.33. The zero-order valence-electron chi connectivity index (χ0n) is 9.90. The van der Waals surface area contributed by atoms with Crippen LogP contribution in [0.15, 0.2) is 0 Å². The second kappa shape index (κ2) is 7.14. The number of nitrogens with one attached hydrogen (secondary N) is 1. The summed E-state index contributed by atoms with van der Waals surface area (Å²) in [6.07, 6.45) is 0.123. The molecule has 0 bridgehead atoms. The summed E-state index contributed by atoms with van der Waals surface area (Å²) in [6.45, 7) is 2.55. The molecule has 0 aromatic rings. The van der Waals surface area contributed by atoms with Gasteiger partial charge in [-0.3, -0.25) is 0 Å². The van der Waals surface area contributed by atoms with E-state index in [2.05, 4.69) is 5.32 Å². The lowest BCUT2D eigenvalue weighted by Crippen LogP contribution is -2.54. The van der Waals surface area contributed by atoms with Gasteiger partial charge in [0.05, 0.1) is 24.9 Å². The van der Waals surface area contributed by atoms with E-state index in [1.165, 1.54) is 0 Å². The Morgan fingerprint density at radius 3 is 2.13 bits per heavy atom. The Morgan fingerprint density at radius 1 is 1.27 bits per heavy atom. The molecular weight excluding hydrogens is 196 g/mol. The molecule has 0 amide bonds. The van der Waals surface area contributed by atoms with Crippen LogP contribution in [0.25, 0.3) is 0 Å². The Morgan fingerprint density at radius 2 is 1.80 bits per heavy atom. The molecule has 0 aliphatic carbocycles. The van der Waals surface area contributed by atoms with Gasteiger partial charge in [-0.1, -0.05) is 6.92 Å². The molecule has 0 saturated carbocycles. The number of nitrogens with zero attached hydrogens (tertiary/aromatic N) is 1. The quantitative estimate of drug-likeness (QED) is 0.406. The lowest BCUT2D eigenvalue weighted by Gasteiger charge is -2.31. The summed E-state index contributed by atoms with van der Waals surface area (Å²) in [5, 5.41) is 30.9. The van der Waals surface area contributed by atoms with Crippen LogP contribution < -0.4 is 5.32 Å². The van der Waals surface area contributed by atoms with Crippen LogP contribution >= 0.6 is 0 Å². The number of aliphatic hydroxyl groups excluding tert-OH is 3. The lowest BCUT2D eigenvalue weighted by atomic mass is 9.98. The smallest absolute Gasteiger partial charge is 0.0791 e. The minimum Gasteiger partial charge on any atom is -0.394 e. The molecule has 1 atom stereocenters. The minimum atomic E-state index is -0.673. The fraction of sp³-hybridized carbons (Fsp3) is 1.00. The van der Waals surface area contributed by atoms with Gasteiger partial charge in [0.25, 0.3) is 0 Å². The van der Waals surface area contributed by atoms with Gasteiger partial charge < -0.3 is 25.5 Å². The highest BCUT2D eigenvalue weighted by Gasteiger charge is 2.26. The monoisotopic (exact) mass is 220 g/mol. The van der Waals surface area contributed by atoms with E-state index in [9.17, 15) is 5.11 Å². The van der Waals surface area contributed by atoms with Crippen molar-refractivity contribution in [2.24, 2.45) is 0 Å². The van der Waals surface area contributed by atoms with Gasteiger partial charge in [0.1, 0.15) is 0 Å². The highest BCUT2D eigenvalue weighted by Crippen LogP contribution is 2.07. The molecule has 0 rings (SSSR count). The molecule has 15 heavy (non-hydrogen) atoms. The molecule has 0 saturated heterocycles.